The Morgan fingerprint density at radius 3 is 2.40 bits per heavy atom. The quantitative estimate of drug-likeness (QED) is 0.340. The van der Waals surface area contributed by atoms with Gasteiger partial charge in [0.2, 0.25) is 0 Å². The summed E-state index contributed by atoms with van der Waals surface area (Å²) in [5.74, 6) is -1.29. The van der Waals surface area contributed by atoms with Crippen LogP contribution in [-0.2, 0) is 4.74 Å². The van der Waals surface area contributed by atoms with Crippen LogP contribution < -0.4 is 5.32 Å². The number of hydrogen-bond donors (Lipinski definition) is 1. The van der Waals surface area contributed by atoms with Crippen molar-refractivity contribution in [1.82, 2.24) is 19.5 Å². The third-order valence-electron chi connectivity index (χ3n) is 6.11. The Labute approximate surface area is 200 Å². The molecule has 1 aliphatic rings. The number of nitrogens with one attached hydrogen (secondary N) is 1. The van der Waals surface area contributed by atoms with E-state index in [-0.39, 0.29) is 24.2 Å². The average molecular weight is 464 g/mol. The van der Waals surface area contributed by atoms with Gasteiger partial charge in [0.1, 0.15) is 6.33 Å². The molecule has 1 saturated carbocycles. The molecule has 2 aromatic carbocycles. The number of nitrogens with zero attached hydrogens (tertiary/aromatic N) is 5. The molecule has 9 heteroatoms. The van der Waals surface area contributed by atoms with Crippen LogP contribution in [0.4, 0.5) is 5.82 Å². The van der Waals surface area contributed by atoms with E-state index >= 15 is 0 Å². The van der Waals surface area contributed by atoms with Crippen LogP contribution in [0.1, 0.15) is 26.8 Å². The second-order valence-corrected chi connectivity index (χ2v) is 8.11. The van der Waals surface area contributed by atoms with Crippen molar-refractivity contribution in [2.45, 2.75) is 6.04 Å². The van der Waals surface area contributed by atoms with Crippen LogP contribution in [0.3, 0.4) is 0 Å². The molecule has 1 fully saturated rings. The highest BCUT2D eigenvalue weighted by Crippen LogP contribution is 2.49. The predicted octanol–water partition coefficient (Wildman–Crippen LogP) is 3.80. The first-order valence-electron chi connectivity index (χ1n) is 10.9. The van der Waals surface area contributed by atoms with Gasteiger partial charge in [-0.25, -0.2) is 19.7 Å². The smallest absolute Gasteiger partial charge is 0.338 e. The van der Waals surface area contributed by atoms with Gasteiger partial charge in [-0.3, -0.25) is 4.79 Å². The van der Waals surface area contributed by atoms with Gasteiger partial charge >= 0.3 is 5.97 Å². The number of hydrogen-bond acceptors (Lipinski definition) is 7. The highest BCUT2D eigenvalue weighted by molar-refractivity contribution is 6.06. The maximum Gasteiger partial charge on any atom is 0.338 e. The van der Waals surface area contributed by atoms with Crippen molar-refractivity contribution < 1.29 is 14.3 Å². The number of ether oxygens (including phenoxy) is 1. The number of anilines is 1. The highest BCUT2D eigenvalue weighted by atomic mass is 16.5. The molecule has 172 valence electrons. The second-order valence-electron chi connectivity index (χ2n) is 8.11. The number of esters is 1. The summed E-state index contributed by atoms with van der Waals surface area (Å²) in [5.41, 5.74) is 2.55. The molecule has 35 heavy (non-hydrogen) atoms. The van der Waals surface area contributed by atoms with Crippen molar-refractivity contribution in [3.63, 3.8) is 0 Å². The summed E-state index contributed by atoms with van der Waals surface area (Å²) in [6.45, 7) is 4.20. The number of imidazole rings is 1. The van der Waals surface area contributed by atoms with E-state index in [4.69, 9.17) is 4.74 Å². The fourth-order valence-corrected chi connectivity index (χ4v) is 4.24. The van der Waals surface area contributed by atoms with E-state index in [1.807, 2.05) is 12.1 Å². The van der Waals surface area contributed by atoms with Gasteiger partial charge in [-0.05, 0) is 29.8 Å². The van der Waals surface area contributed by atoms with E-state index in [0.29, 0.717) is 22.3 Å². The van der Waals surface area contributed by atoms with Gasteiger partial charge in [-0.1, -0.05) is 43.0 Å². The second kappa shape index (κ2) is 9.19. The first kappa shape index (κ1) is 22.0. The van der Waals surface area contributed by atoms with Gasteiger partial charge in [-0.15, -0.1) is 0 Å². The first-order valence-corrected chi connectivity index (χ1v) is 10.9. The maximum absolute atomic E-state index is 12.6. The fraction of sp³-hybridized carbons (Fsp3) is 0.154. The van der Waals surface area contributed by atoms with Crippen molar-refractivity contribution in [1.29, 1.82) is 5.26 Å². The summed E-state index contributed by atoms with van der Waals surface area (Å²) < 4.78 is 7.19. The topological polar surface area (TPSA) is 123 Å². The van der Waals surface area contributed by atoms with Crippen molar-refractivity contribution in [3.05, 3.63) is 96.6 Å². The summed E-state index contributed by atoms with van der Waals surface area (Å²) in [7, 11) is 0. The number of nitriles is 1. The SMILES string of the molecule is C=C1[C@@H](n2cnc3c(NC(=O)c4ccccc4)ncnc32)[C@H](C#N)[C@H]1COC(=O)c1ccccc1. The molecule has 0 aliphatic heterocycles. The molecule has 2 heterocycles. The van der Waals surface area contributed by atoms with Gasteiger partial charge in [-0.2, -0.15) is 5.26 Å². The van der Waals surface area contributed by atoms with Gasteiger partial charge in [0.15, 0.2) is 17.0 Å². The van der Waals surface area contributed by atoms with Crippen molar-refractivity contribution in [3.8, 4) is 6.07 Å². The number of carbonyl (C=O) groups excluding carboxylic acids is 2. The molecule has 0 unspecified atom stereocenters. The van der Waals surface area contributed by atoms with Crippen LogP contribution in [0.5, 0.6) is 0 Å². The Morgan fingerprint density at radius 2 is 1.71 bits per heavy atom. The van der Waals surface area contributed by atoms with Crippen molar-refractivity contribution in [2.24, 2.45) is 11.8 Å². The number of fused-ring (bicyclic) bond motifs is 1. The first-order chi connectivity index (χ1) is 17.1. The standard InChI is InChI=1S/C26H20N6O3/c1-16-20(13-35-26(34)18-10-6-3-7-11-18)19(12-27)22(16)32-15-30-21-23(28-14-29-24(21)32)31-25(33)17-8-4-2-5-9-17/h2-11,14-15,19-20,22H,1,13H2,(H,28,29,31,33)/t19-,20+,22-/m1/s1. The number of aromatic nitrogens is 4. The molecule has 1 amide bonds. The Balaban J connectivity index is 1.34. The molecule has 5 rings (SSSR count). The molecular weight excluding hydrogens is 444 g/mol. The van der Waals surface area contributed by atoms with E-state index in [2.05, 4.69) is 32.9 Å². The lowest BCUT2D eigenvalue weighted by Crippen LogP contribution is -2.42. The summed E-state index contributed by atoms with van der Waals surface area (Å²) in [6.07, 6.45) is 2.90. The van der Waals surface area contributed by atoms with Gasteiger partial charge < -0.3 is 14.6 Å². The van der Waals surface area contributed by atoms with Crippen LogP contribution in [0.25, 0.3) is 11.2 Å². The Kier molecular flexibility index (Phi) is 5.77. The minimum absolute atomic E-state index is 0.0568. The third-order valence-corrected chi connectivity index (χ3v) is 6.11. The number of rotatable bonds is 6. The van der Waals surface area contributed by atoms with E-state index < -0.39 is 17.9 Å². The van der Waals surface area contributed by atoms with Crippen LogP contribution >= 0.6 is 0 Å². The molecule has 0 spiro atoms. The Bertz CT molecular complexity index is 1460. The van der Waals surface area contributed by atoms with Crippen LogP contribution in [0.15, 0.2) is 85.5 Å². The lowest BCUT2D eigenvalue weighted by molar-refractivity contribution is 0.0352. The lowest BCUT2D eigenvalue weighted by Gasteiger charge is -2.43. The largest absolute Gasteiger partial charge is 0.461 e. The van der Waals surface area contributed by atoms with Crippen molar-refractivity contribution in [2.75, 3.05) is 11.9 Å². The molecule has 4 aromatic rings. The molecular formula is C26H20N6O3. The zero-order valence-corrected chi connectivity index (χ0v) is 18.5. The normalized spacial score (nSPS) is 18.9. The Morgan fingerprint density at radius 1 is 1.03 bits per heavy atom. The Hall–Kier alpha value is -4.84. The number of benzene rings is 2. The van der Waals surface area contributed by atoms with E-state index in [9.17, 15) is 14.9 Å². The lowest BCUT2D eigenvalue weighted by atomic mass is 9.66. The van der Waals surface area contributed by atoms with Crippen LogP contribution in [0, 0.1) is 23.2 Å². The molecule has 2 aromatic heterocycles. The summed E-state index contributed by atoms with van der Waals surface area (Å²) in [5, 5.41) is 12.6. The minimum atomic E-state index is -0.485. The fourth-order valence-electron chi connectivity index (χ4n) is 4.24. The summed E-state index contributed by atoms with van der Waals surface area (Å²) in [6, 6.07) is 19.4. The molecule has 1 N–H and O–H groups in total. The van der Waals surface area contributed by atoms with Crippen LogP contribution in [-0.4, -0.2) is 38.0 Å². The average Bonchev–Trinajstić information content (AvgIpc) is 3.32. The van der Waals surface area contributed by atoms with Crippen molar-refractivity contribution >= 4 is 28.9 Å². The van der Waals surface area contributed by atoms with Gasteiger partial charge in [0.25, 0.3) is 5.91 Å². The molecule has 3 atom stereocenters. The van der Waals surface area contributed by atoms with Crippen LogP contribution in [0.2, 0.25) is 0 Å². The van der Waals surface area contributed by atoms with E-state index in [1.165, 1.54) is 6.33 Å². The predicted molar refractivity (Wildman–Crippen MR) is 127 cm³/mol. The van der Waals surface area contributed by atoms with Gasteiger partial charge in [0, 0.05) is 11.5 Å². The zero-order chi connectivity index (χ0) is 24.4. The number of amides is 1. The monoisotopic (exact) mass is 464 g/mol. The molecule has 0 saturated heterocycles. The van der Waals surface area contributed by atoms with Gasteiger partial charge in [0.05, 0.1) is 36.5 Å². The zero-order valence-electron chi connectivity index (χ0n) is 18.5. The summed E-state index contributed by atoms with van der Waals surface area (Å²) in [4.78, 5) is 37.8. The molecule has 0 radical (unpaired) electrons. The molecule has 0 bridgehead atoms. The minimum Gasteiger partial charge on any atom is -0.461 e. The molecule has 1 aliphatic carbocycles. The summed E-state index contributed by atoms with van der Waals surface area (Å²) >= 11 is 0. The van der Waals surface area contributed by atoms with E-state index in [1.54, 1.807) is 59.4 Å². The highest BCUT2D eigenvalue weighted by Gasteiger charge is 2.47. The number of carbonyl (C=O) groups is 2. The van der Waals surface area contributed by atoms with E-state index in [0.717, 1.165) is 5.57 Å². The molecule has 9 nitrogen and oxygen atoms in total. The maximum atomic E-state index is 12.6. The third kappa shape index (κ3) is 4.02.